The van der Waals surface area contributed by atoms with Gasteiger partial charge in [0.1, 0.15) is 16.9 Å². The van der Waals surface area contributed by atoms with Gasteiger partial charge < -0.3 is 5.11 Å². The van der Waals surface area contributed by atoms with Gasteiger partial charge in [-0.2, -0.15) is 5.10 Å². The number of fused-ring (bicyclic) bond motifs is 3. The molecule has 3 aromatic rings. The van der Waals surface area contributed by atoms with E-state index in [9.17, 15) is 5.11 Å². The van der Waals surface area contributed by atoms with Crippen molar-refractivity contribution < 1.29 is 5.11 Å². The van der Waals surface area contributed by atoms with Crippen LogP contribution in [0.4, 0.5) is 5.82 Å². The molecule has 156 valence electrons. The monoisotopic (exact) mass is 421 g/mol. The van der Waals surface area contributed by atoms with E-state index in [1.807, 2.05) is 13.0 Å². The average molecular weight is 422 g/mol. The number of aromatic hydroxyl groups is 1. The summed E-state index contributed by atoms with van der Waals surface area (Å²) in [5.41, 5.74) is 7.41. The molecule has 0 saturated carbocycles. The summed E-state index contributed by atoms with van der Waals surface area (Å²) in [6.45, 7) is 4.98. The molecule has 6 nitrogen and oxygen atoms in total. The molecule has 2 aromatic heterocycles. The standard InChI is InChI=1S/C23H27N5OS/c1-15(16-8-9-19(29)17(12-16)13-28-10-3-2-4-11-28)26-27-22-21-18-6-5-7-20(18)30-23(21)25-14-24-22/h8-9,12,14,29H,2-7,10-11,13H2,1H3,(H,24,25,27)/b26-15+. The first kappa shape index (κ1) is 19.5. The molecule has 2 N–H and O–H groups in total. The number of piperidine rings is 1. The Morgan fingerprint density at radius 2 is 2.03 bits per heavy atom. The molecule has 3 heterocycles. The van der Waals surface area contributed by atoms with Crippen molar-refractivity contribution in [1.82, 2.24) is 14.9 Å². The van der Waals surface area contributed by atoms with Gasteiger partial charge in [-0.15, -0.1) is 11.3 Å². The lowest BCUT2D eigenvalue weighted by molar-refractivity contribution is 0.218. The van der Waals surface area contributed by atoms with Crippen LogP contribution in [-0.2, 0) is 19.4 Å². The van der Waals surface area contributed by atoms with Crippen molar-refractivity contribution in [3.05, 3.63) is 46.1 Å². The van der Waals surface area contributed by atoms with Gasteiger partial charge in [0.15, 0.2) is 5.82 Å². The van der Waals surface area contributed by atoms with Gasteiger partial charge >= 0.3 is 0 Å². The second kappa shape index (κ2) is 8.32. The van der Waals surface area contributed by atoms with Crippen LogP contribution in [0.25, 0.3) is 10.2 Å². The summed E-state index contributed by atoms with van der Waals surface area (Å²) in [5, 5.41) is 16.1. The maximum absolute atomic E-state index is 10.3. The molecule has 0 radical (unpaired) electrons. The van der Waals surface area contributed by atoms with Gasteiger partial charge in [-0.25, -0.2) is 9.97 Å². The topological polar surface area (TPSA) is 73.6 Å². The van der Waals surface area contributed by atoms with E-state index in [1.54, 1.807) is 23.7 Å². The van der Waals surface area contributed by atoms with Gasteiger partial charge in [-0.05, 0) is 81.4 Å². The van der Waals surface area contributed by atoms with Crippen LogP contribution in [0.15, 0.2) is 29.6 Å². The van der Waals surface area contributed by atoms with Crippen LogP contribution in [0.2, 0.25) is 0 Å². The highest BCUT2D eigenvalue weighted by molar-refractivity contribution is 7.19. The van der Waals surface area contributed by atoms with Crippen LogP contribution < -0.4 is 5.43 Å². The van der Waals surface area contributed by atoms with E-state index in [0.29, 0.717) is 5.75 Å². The second-order valence-electron chi connectivity index (χ2n) is 8.25. The zero-order valence-corrected chi connectivity index (χ0v) is 18.1. The van der Waals surface area contributed by atoms with Crippen molar-refractivity contribution in [2.24, 2.45) is 5.10 Å². The quantitative estimate of drug-likeness (QED) is 0.461. The number of nitrogens with zero attached hydrogens (tertiary/aromatic N) is 4. The molecule has 1 saturated heterocycles. The Morgan fingerprint density at radius 1 is 1.17 bits per heavy atom. The van der Waals surface area contributed by atoms with E-state index in [0.717, 1.165) is 65.3 Å². The Labute approximate surface area is 180 Å². The SMILES string of the molecule is C/C(=N\Nc1ncnc2sc3c(c12)CCC3)c1ccc(O)c(CN2CCCCC2)c1. The van der Waals surface area contributed by atoms with E-state index in [1.165, 1.54) is 36.1 Å². The number of aryl methyl sites for hydroxylation is 2. The van der Waals surface area contributed by atoms with E-state index >= 15 is 0 Å². The summed E-state index contributed by atoms with van der Waals surface area (Å²) in [7, 11) is 0. The average Bonchev–Trinajstić information content (AvgIpc) is 3.35. The predicted octanol–water partition coefficient (Wildman–Crippen LogP) is 4.71. The molecule has 30 heavy (non-hydrogen) atoms. The minimum atomic E-state index is 0.358. The molecule has 1 fully saturated rings. The summed E-state index contributed by atoms with van der Waals surface area (Å²) in [4.78, 5) is 13.8. The Kier molecular flexibility index (Phi) is 5.39. The number of thiophene rings is 1. The highest BCUT2D eigenvalue weighted by Gasteiger charge is 2.21. The lowest BCUT2D eigenvalue weighted by Crippen LogP contribution is -2.29. The number of hydrazone groups is 1. The highest BCUT2D eigenvalue weighted by Crippen LogP contribution is 2.39. The van der Waals surface area contributed by atoms with Crippen LogP contribution >= 0.6 is 11.3 Å². The molecule has 1 aliphatic heterocycles. The summed E-state index contributed by atoms with van der Waals surface area (Å²) >= 11 is 1.78. The lowest BCUT2D eigenvalue weighted by Gasteiger charge is -2.26. The number of anilines is 1. The predicted molar refractivity (Wildman–Crippen MR) is 123 cm³/mol. The largest absolute Gasteiger partial charge is 0.508 e. The molecule has 0 unspecified atom stereocenters. The van der Waals surface area contributed by atoms with Gasteiger partial charge in [-0.1, -0.05) is 6.42 Å². The Bertz CT molecular complexity index is 1100. The Morgan fingerprint density at radius 3 is 2.90 bits per heavy atom. The normalized spacial score (nSPS) is 17.4. The van der Waals surface area contributed by atoms with Crippen LogP contribution in [0.3, 0.4) is 0 Å². The van der Waals surface area contributed by atoms with Crippen molar-refractivity contribution >= 4 is 33.1 Å². The molecule has 5 rings (SSSR count). The van der Waals surface area contributed by atoms with Gasteiger partial charge in [0, 0.05) is 17.0 Å². The number of phenols is 1. The van der Waals surface area contributed by atoms with E-state index < -0.39 is 0 Å². The number of hydrogen-bond donors (Lipinski definition) is 2. The van der Waals surface area contributed by atoms with Crippen molar-refractivity contribution in [2.75, 3.05) is 18.5 Å². The minimum absolute atomic E-state index is 0.358. The molecular formula is C23H27N5OS. The summed E-state index contributed by atoms with van der Waals surface area (Å²) < 4.78 is 0. The zero-order valence-electron chi connectivity index (χ0n) is 17.3. The van der Waals surface area contributed by atoms with E-state index in [2.05, 4.69) is 31.5 Å². The summed E-state index contributed by atoms with van der Waals surface area (Å²) in [6, 6.07) is 5.76. The first-order valence-electron chi connectivity index (χ1n) is 10.8. The lowest BCUT2D eigenvalue weighted by atomic mass is 10.0. The highest BCUT2D eigenvalue weighted by atomic mass is 32.1. The van der Waals surface area contributed by atoms with Crippen molar-refractivity contribution in [3.63, 3.8) is 0 Å². The molecule has 7 heteroatoms. The minimum Gasteiger partial charge on any atom is -0.508 e. The summed E-state index contributed by atoms with van der Waals surface area (Å²) in [6.07, 6.45) is 8.85. The fraction of sp³-hybridized carbons (Fsp3) is 0.435. The number of rotatable bonds is 5. The molecule has 1 aromatic carbocycles. The van der Waals surface area contributed by atoms with Crippen molar-refractivity contribution in [3.8, 4) is 5.75 Å². The third-order valence-corrected chi connectivity index (χ3v) is 7.37. The van der Waals surface area contributed by atoms with Crippen LogP contribution in [0.1, 0.15) is 54.2 Å². The fourth-order valence-corrected chi connectivity index (χ4v) is 5.74. The first-order chi connectivity index (χ1) is 14.7. The van der Waals surface area contributed by atoms with Gasteiger partial charge in [0.05, 0.1) is 11.1 Å². The number of aromatic nitrogens is 2. The third kappa shape index (κ3) is 3.79. The molecule has 2 aliphatic rings. The van der Waals surface area contributed by atoms with Gasteiger partial charge in [-0.3, -0.25) is 10.3 Å². The Balaban J connectivity index is 1.38. The number of hydrogen-bond acceptors (Lipinski definition) is 7. The number of nitrogens with one attached hydrogen (secondary N) is 1. The molecule has 1 aliphatic carbocycles. The molecule has 0 atom stereocenters. The molecule has 0 bridgehead atoms. The number of phenolic OH excluding ortho intramolecular Hbond substituents is 1. The number of benzene rings is 1. The number of likely N-dealkylation sites (tertiary alicyclic amines) is 1. The molecule has 0 amide bonds. The molecule has 0 spiro atoms. The molecular weight excluding hydrogens is 394 g/mol. The van der Waals surface area contributed by atoms with Crippen LogP contribution in [0.5, 0.6) is 5.75 Å². The fourth-order valence-electron chi connectivity index (χ4n) is 4.51. The van der Waals surface area contributed by atoms with Crippen LogP contribution in [-0.4, -0.2) is 38.8 Å². The Hall–Kier alpha value is -2.51. The smallest absolute Gasteiger partial charge is 0.158 e. The van der Waals surface area contributed by atoms with Gasteiger partial charge in [0.2, 0.25) is 0 Å². The van der Waals surface area contributed by atoms with E-state index in [-0.39, 0.29) is 0 Å². The van der Waals surface area contributed by atoms with Gasteiger partial charge in [0.25, 0.3) is 0 Å². The summed E-state index contributed by atoms with van der Waals surface area (Å²) in [5.74, 6) is 1.14. The maximum Gasteiger partial charge on any atom is 0.158 e. The van der Waals surface area contributed by atoms with Crippen molar-refractivity contribution in [1.29, 1.82) is 0 Å². The third-order valence-electron chi connectivity index (χ3n) is 6.17. The first-order valence-corrected chi connectivity index (χ1v) is 11.6. The maximum atomic E-state index is 10.3. The van der Waals surface area contributed by atoms with E-state index in [4.69, 9.17) is 0 Å². The second-order valence-corrected chi connectivity index (χ2v) is 9.33. The van der Waals surface area contributed by atoms with Crippen LogP contribution in [0, 0.1) is 0 Å². The zero-order chi connectivity index (χ0) is 20.5. The van der Waals surface area contributed by atoms with Crippen molar-refractivity contribution in [2.45, 2.75) is 52.0 Å².